The summed E-state index contributed by atoms with van der Waals surface area (Å²) in [4.78, 5) is 26.9. The second-order valence-electron chi connectivity index (χ2n) is 5.80. The largest absolute Gasteiger partial charge is 0.476 e. The molecule has 0 saturated heterocycles. The number of thiazole rings is 1. The van der Waals surface area contributed by atoms with Gasteiger partial charge in [0.05, 0.1) is 10.5 Å². The Morgan fingerprint density at radius 3 is 3.00 bits per heavy atom. The van der Waals surface area contributed by atoms with Gasteiger partial charge in [0, 0.05) is 18.3 Å². The molecule has 6 nitrogen and oxygen atoms in total. The van der Waals surface area contributed by atoms with Crippen LogP contribution < -0.4 is 11.1 Å². The minimum Gasteiger partial charge on any atom is -0.476 e. The normalized spacial score (nSPS) is 25.5. The van der Waals surface area contributed by atoms with Gasteiger partial charge in [-0.3, -0.25) is 4.79 Å². The number of nitrogens with one attached hydrogen (secondary N) is 1. The number of carbonyl (C=O) groups is 2. The molecule has 1 aromatic heterocycles. The molecule has 21 heavy (non-hydrogen) atoms. The van der Waals surface area contributed by atoms with E-state index in [-0.39, 0.29) is 11.6 Å². The Labute approximate surface area is 127 Å². The zero-order valence-corrected chi connectivity index (χ0v) is 12.9. The average Bonchev–Trinajstić information content (AvgIpc) is 2.87. The molecular formula is C14H21N3O3S. The summed E-state index contributed by atoms with van der Waals surface area (Å²) in [7, 11) is 0. The molecule has 1 heterocycles. The summed E-state index contributed by atoms with van der Waals surface area (Å²) in [6.07, 6.45) is 4.08. The van der Waals surface area contributed by atoms with Gasteiger partial charge in [-0.05, 0) is 18.8 Å². The van der Waals surface area contributed by atoms with E-state index < -0.39 is 11.5 Å². The average molecular weight is 311 g/mol. The smallest absolute Gasteiger partial charge is 0.355 e. The highest BCUT2D eigenvalue weighted by atomic mass is 32.1. The molecule has 0 spiro atoms. The number of carbonyl (C=O) groups excluding carboxylic acids is 1. The Hall–Kier alpha value is -1.47. The van der Waals surface area contributed by atoms with E-state index in [1.807, 2.05) is 0 Å². The Morgan fingerprint density at radius 1 is 1.62 bits per heavy atom. The van der Waals surface area contributed by atoms with E-state index in [0.717, 1.165) is 25.7 Å². The highest BCUT2D eigenvalue weighted by Crippen LogP contribution is 2.30. The van der Waals surface area contributed by atoms with Crippen LogP contribution in [0.2, 0.25) is 0 Å². The van der Waals surface area contributed by atoms with Crippen molar-refractivity contribution in [1.82, 2.24) is 10.3 Å². The van der Waals surface area contributed by atoms with Crippen LogP contribution in [0.4, 0.5) is 0 Å². The summed E-state index contributed by atoms with van der Waals surface area (Å²) < 4.78 is 0. The Kier molecular flexibility index (Phi) is 4.95. The second kappa shape index (κ2) is 6.53. The van der Waals surface area contributed by atoms with Gasteiger partial charge in [-0.25, -0.2) is 9.78 Å². The van der Waals surface area contributed by atoms with E-state index in [1.54, 1.807) is 0 Å². The molecule has 7 heteroatoms. The van der Waals surface area contributed by atoms with Gasteiger partial charge in [0.15, 0.2) is 5.69 Å². The predicted molar refractivity (Wildman–Crippen MR) is 80.3 cm³/mol. The molecule has 1 amide bonds. The van der Waals surface area contributed by atoms with E-state index >= 15 is 0 Å². The molecular weight excluding hydrogens is 290 g/mol. The predicted octanol–water partition coefficient (Wildman–Crippen LogP) is 1.41. The van der Waals surface area contributed by atoms with Crippen LogP contribution in [-0.4, -0.2) is 34.1 Å². The molecule has 116 valence electrons. The van der Waals surface area contributed by atoms with Crippen molar-refractivity contribution in [3.8, 4) is 0 Å². The lowest BCUT2D eigenvalue weighted by atomic mass is 9.76. The highest BCUT2D eigenvalue weighted by Gasteiger charge is 2.37. The summed E-state index contributed by atoms with van der Waals surface area (Å²) in [5.74, 6) is -0.658. The number of rotatable bonds is 5. The molecule has 4 N–H and O–H groups in total. The summed E-state index contributed by atoms with van der Waals surface area (Å²) >= 11 is 1.29. The third kappa shape index (κ3) is 4.01. The first-order valence-electron chi connectivity index (χ1n) is 7.15. The fourth-order valence-corrected chi connectivity index (χ4v) is 3.55. The fourth-order valence-electron chi connectivity index (χ4n) is 2.78. The summed E-state index contributed by atoms with van der Waals surface area (Å²) in [5.41, 5.74) is 5.51. The van der Waals surface area contributed by atoms with Crippen molar-refractivity contribution in [3.05, 3.63) is 16.1 Å². The van der Waals surface area contributed by atoms with Gasteiger partial charge in [0.25, 0.3) is 0 Å². The molecule has 2 unspecified atom stereocenters. The summed E-state index contributed by atoms with van der Waals surface area (Å²) in [6.45, 7) is 2.55. The van der Waals surface area contributed by atoms with E-state index in [9.17, 15) is 9.59 Å². The first-order valence-corrected chi connectivity index (χ1v) is 8.03. The van der Waals surface area contributed by atoms with Gasteiger partial charge in [-0.2, -0.15) is 0 Å². The lowest BCUT2D eigenvalue weighted by Crippen LogP contribution is -2.56. The lowest BCUT2D eigenvalue weighted by molar-refractivity contribution is -0.128. The van der Waals surface area contributed by atoms with Crippen LogP contribution in [0, 0.1) is 5.92 Å². The van der Waals surface area contributed by atoms with Crippen molar-refractivity contribution in [2.24, 2.45) is 11.7 Å². The molecule has 0 aliphatic heterocycles. The van der Waals surface area contributed by atoms with Gasteiger partial charge in [0.2, 0.25) is 5.91 Å². The number of hydrogen-bond acceptors (Lipinski definition) is 5. The summed E-state index contributed by atoms with van der Waals surface area (Å²) in [5, 5.41) is 13.9. The van der Waals surface area contributed by atoms with Gasteiger partial charge < -0.3 is 16.2 Å². The third-order valence-electron chi connectivity index (χ3n) is 3.88. The number of carboxylic acids is 1. The van der Waals surface area contributed by atoms with Crippen molar-refractivity contribution in [2.75, 3.05) is 6.54 Å². The topological polar surface area (TPSA) is 105 Å². The van der Waals surface area contributed by atoms with Crippen molar-refractivity contribution < 1.29 is 14.7 Å². The number of hydrogen-bond donors (Lipinski definition) is 3. The molecule has 2 atom stereocenters. The Balaban J connectivity index is 1.82. The van der Waals surface area contributed by atoms with E-state index in [0.29, 0.717) is 23.9 Å². The minimum atomic E-state index is -1.03. The van der Waals surface area contributed by atoms with Crippen LogP contribution >= 0.6 is 11.3 Å². The number of amides is 1. The molecule has 0 radical (unpaired) electrons. The Morgan fingerprint density at radius 2 is 2.38 bits per heavy atom. The van der Waals surface area contributed by atoms with Crippen molar-refractivity contribution in [2.45, 2.75) is 44.6 Å². The van der Waals surface area contributed by atoms with Gasteiger partial charge in [-0.1, -0.05) is 19.8 Å². The maximum Gasteiger partial charge on any atom is 0.355 e. The van der Waals surface area contributed by atoms with Crippen LogP contribution in [0.3, 0.4) is 0 Å². The van der Waals surface area contributed by atoms with Crippen molar-refractivity contribution >= 4 is 23.2 Å². The number of nitrogens with zero attached hydrogens (tertiary/aromatic N) is 1. The number of nitrogens with two attached hydrogens (primary N) is 1. The van der Waals surface area contributed by atoms with Crippen LogP contribution in [0.15, 0.2) is 5.38 Å². The number of aromatic nitrogens is 1. The molecule has 1 aromatic rings. The van der Waals surface area contributed by atoms with Gasteiger partial charge >= 0.3 is 5.97 Å². The molecule has 0 aromatic carbocycles. The van der Waals surface area contributed by atoms with Crippen LogP contribution in [0.25, 0.3) is 0 Å². The number of carboxylic acid groups (broad SMARTS) is 1. The maximum atomic E-state index is 12.2. The molecule has 2 rings (SSSR count). The molecule has 1 aliphatic rings. The standard InChI is InChI=1S/C14H21N3O3S/c1-9-3-2-5-14(15,7-9)13(20)16-6-4-11-17-10(8-21-11)12(18)19/h8-9H,2-7,15H2,1H3,(H,16,20)(H,18,19). The van der Waals surface area contributed by atoms with Crippen LogP contribution in [0.5, 0.6) is 0 Å². The monoisotopic (exact) mass is 311 g/mol. The van der Waals surface area contributed by atoms with Crippen LogP contribution in [0.1, 0.15) is 48.1 Å². The van der Waals surface area contributed by atoms with Crippen molar-refractivity contribution in [1.29, 1.82) is 0 Å². The van der Waals surface area contributed by atoms with Crippen LogP contribution in [-0.2, 0) is 11.2 Å². The SMILES string of the molecule is CC1CCCC(N)(C(=O)NCCc2nc(C(=O)O)cs2)C1. The maximum absolute atomic E-state index is 12.2. The number of aromatic carboxylic acids is 1. The molecule has 1 fully saturated rings. The zero-order valence-electron chi connectivity index (χ0n) is 12.1. The third-order valence-corrected chi connectivity index (χ3v) is 4.79. The van der Waals surface area contributed by atoms with E-state index in [4.69, 9.17) is 10.8 Å². The first-order chi connectivity index (χ1) is 9.90. The van der Waals surface area contributed by atoms with Gasteiger partial charge in [0.1, 0.15) is 0 Å². The van der Waals surface area contributed by atoms with Gasteiger partial charge in [-0.15, -0.1) is 11.3 Å². The quantitative estimate of drug-likeness (QED) is 0.762. The second-order valence-corrected chi connectivity index (χ2v) is 6.74. The molecule has 1 saturated carbocycles. The fraction of sp³-hybridized carbons (Fsp3) is 0.643. The molecule has 1 aliphatic carbocycles. The zero-order chi connectivity index (χ0) is 15.5. The minimum absolute atomic E-state index is 0.0535. The Bertz CT molecular complexity index is 531. The first kappa shape index (κ1) is 15.9. The lowest BCUT2D eigenvalue weighted by Gasteiger charge is -2.35. The molecule has 0 bridgehead atoms. The van der Waals surface area contributed by atoms with E-state index in [2.05, 4.69) is 17.2 Å². The van der Waals surface area contributed by atoms with Crippen molar-refractivity contribution in [3.63, 3.8) is 0 Å². The van der Waals surface area contributed by atoms with E-state index in [1.165, 1.54) is 16.7 Å². The highest BCUT2D eigenvalue weighted by molar-refractivity contribution is 7.09. The summed E-state index contributed by atoms with van der Waals surface area (Å²) in [6, 6.07) is 0.